The Morgan fingerprint density at radius 1 is 1.44 bits per heavy atom. The van der Waals surface area contributed by atoms with Crippen molar-refractivity contribution in [1.29, 1.82) is 0 Å². The molecule has 1 aromatic heterocycles. The zero-order chi connectivity index (χ0) is 11.8. The van der Waals surface area contributed by atoms with Gasteiger partial charge in [0.1, 0.15) is 11.0 Å². The van der Waals surface area contributed by atoms with Gasteiger partial charge in [0.15, 0.2) is 0 Å². The predicted molar refractivity (Wildman–Crippen MR) is 56.1 cm³/mol. The van der Waals surface area contributed by atoms with Gasteiger partial charge in [0, 0.05) is 12.3 Å². The van der Waals surface area contributed by atoms with E-state index in [0.717, 1.165) is 0 Å². The van der Waals surface area contributed by atoms with Gasteiger partial charge in [0.05, 0.1) is 4.90 Å². The lowest BCUT2D eigenvalue weighted by atomic mass is 10.3. The van der Waals surface area contributed by atoms with Crippen molar-refractivity contribution >= 4 is 36.1 Å². The average Bonchev–Trinajstić information content (AvgIpc) is 2.64. The summed E-state index contributed by atoms with van der Waals surface area (Å²) >= 11 is 0. The zero-order valence-electron chi connectivity index (χ0n) is 8.13. The minimum atomic E-state index is -4.28. The van der Waals surface area contributed by atoms with Gasteiger partial charge in [-0.15, -0.1) is 0 Å². The largest absolute Gasteiger partial charge is 0.415 e. The zero-order valence-corrected chi connectivity index (χ0v) is 9.95. The number of nitrogens with zero attached hydrogens (tertiary/aromatic N) is 2. The standard InChI is InChI=1S/C7H7N3O4SSi/c1-14-16-7-5(15(11,12)13)3-2-4-6(7)9-10-8-4/h2-3H,1H3,(H,8,9,10)(H,11,12,13). The fourth-order valence-electron chi connectivity index (χ4n) is 1.31. The first kappa shape index (κ1) is 11.2. The molecule has 0 aliphatic heterocycles. The third kappa shape index (κ3) is 1.85. The molecule has 7 nitrogen and oxygen atoms in total. The molecule has 2 aromatic rings. The lowest BCUT2D eigenvalue weighted by Gasteiger charge is -2.04. The SMILES string of the molecule is CO[Si]c1c(S(=O)(=O)O)ccc2n[nH]nc12. The Balaban J connectivity index is 2.78. The Morgan fingerprint density at radius 3 is 2.81 bits per heavy atom. The molecule has 0 unspecified atom stereocenters. The molecule has 0 amide bonds. The monoisotopic (exact) mass is 257 g/mol. The van der Waals surface area contributed by atoms with Crippen molar-refractivity contribution in [2.45, 2.75) is 4.90 Å². The molecule has 16 heavy (non-hydrogen) atoms. The predicted octanol–water partition coefficient (Wildman–Crippen LogP) is -0.904. The summed E-state index contributed by atoms with van der Waals surface area (Å²) in [5.74, 6) is 0. The maximum absolute atomic E-state index is 11.1. The van der Waals surface area contributed by atoms with E-state index in [0.29, 0.717) is 16.2 Å². The molecular weight excluding hydrogens is 250 g/mol. The first-order valence-electron chi connectivity index (χ1n) is 4.14. The van der Waals surface area contributed by atoms with Gasteiger partial charge >= 0.3 is 0 Å². The third-order valence-corrected chi connectivity index (χ3v) is 3.92. The normalized spacial score (nSPS) is 12.1. The van der Waals surface area contributed by atoms with E-state index in [9.17, 15) is 8.42 Å². The van der Waals surface area contributed by atoms with Crippen LogP contribution in [-0.2, 0) is 14.5 Å². The molecule has 9 heteroatoms. The Labute approximate surface area is 93.5 Å². The number of fused-ring (bicyclic) bond motifs is 1. The van der Waals surface area contributed by atoms with Crippen LogP contribution < -0.4 is 5.19 Å². The molecular formula is C7H7N3O4SSi. The highest BCUT2D eigenvalue weighted by Gasteiger charge is 2.20. The van der Waals surface area contributed by atoms with Gasteiger partial charge in [-0.05, 0) is 12.1 Å². The molecule has 1 aromatic carbocycles. The molecule has 2 radical (unpaired) electrons. The number of rotatable bonds is 3. The topological polar surface area (TPSA) is 105 Å². The van der Waals surface area contributed by atoms with Crippen LogP contribution in [0.15, 0.2) is 17.0 Å². The van der Waals surface area contributed by atoms with E-state index in [1.54, 1.807) is 0 Å². The molecule has 2 N–H and O–H groups in total. The van der Waals surface area contributed by atoms with E-state index < -0.39 is 10.1 Å². The van der Waals surface area contributed by atoms with Crippen LogP contribution in [0.4, 0.5) is 0 Å². The molecule has 0 aliphatic rings. The third-order valence-electron chi connectivity index (χ3n) is 1.93. The molecule has 0 fully saturated rings. The molecule has 0 bridgehead atoms. The lowest BCUT2D eigenvalue weighted by Crippen LogP contribution is -2.24. The summed E-state index contributed by atoms with van der Waals surface area (Å²) in [4.78, 5) is -0.200. The Kier molecular flexibility index (Phi) is 2.76. The fraction of sp³-hybridized carbons (Fsp3) is 0.143. The number of H-pyrrole nitrogens is 1. The maximum atomic E-state index is 11.1. The molecule has 84 valence electrons. The summed E-state index contributed by atoms with van der Waals surface area (Å²) in [7, 11) is -3.08. The minimum absolute atomic E-state index is 0.200. The molecule has 0 atom stereocenters. The number of aromatic amines is 1. The Hall–Kier alpha value is -1.29. The second-order valence-electron chi connectivity index (χ2n) is 2.91. The summed E-state index contributed by atoms with van der Waals surface area (Å²) in [6.45, 7) is 0. The molecule has 0 spiro atoms. The smallest absolute Gasteiger partial charge is 0.294 e. The van der Waals surface area contributed by atoms with Crippen molar-refractivity contribution in [3.05, 3.63) is 12.1 Å². The molecule has 0 saturated carbocycles. The van der Waals surface area contributed by atoms with Crippen LogP contribution in [0.2, 0.25) is 0 Å². The van der Waals surface area contributed by atoms with Gasteiger partial charge in [-0.2, -0.15) is 23.8 Å². The van der Waals surface area contributed by atoms with Gasteiger partial charge in [-0.1, -0.05) is 0 Å². The second-order valence-corrected chi connectivity index (χ2v) is 5.41. The van der Waals surface area contributed by atoms with Crippen LogP contribution in [0.1, 0.15) is 0 Å². The van der Waals surface area contributed by atoms with E-state index in [-0.39, 0.29) is 14.7 Å². The highest BCUT2D eigenvalue weighted by Crippen LogP contribution is 2.12. The lowest BCUT2D eigenvalue weighted by molar-refractivity contribution is 0.449. The first-order valence-corrected chi connectivity index (χ1v) is 6.49. The number of benzene rings is 1. The number of hydrogen-bond acceptors (Lipinski definition) is 5. The summed E-state index contributed by atoms with van der Waals surface area (Å²) in [6.07, 6.45) is 0. The van der Waals surface area contributed by atoms with Gasteiger partial charge in [-0.3, -0.25) is 4.55 Å². The number of nitrogens with one attached hydrogen (secondary N) is 1. The van der Waals surface area contributed by atoms with Gasteiger partial charge < -0.3 is 4.43 Å². The Morgan fingerprint density at radius 2 is 2.19 bits per heavy atom. The summed E-state index contributed by atoms with van der Waals surface area (Å²) < 4.78 is 36.2. The van der Waals surface area contributed by atoms with Crippen LogP contribution in [0, 0.1) is 0 Å². The van der Waals surface area contributed by atoms with E-state index >= 15 is 0 Å². The van der Waals surface area contributed by atoms with Crippen molar-refractivity contribution in [2.75, 3.05) is 7.11 Å². The summed E-state index contributed by atoms with van der Waals surface area (Å²) in [5.41, 5.74) is 0.905. The highest BCUT2D eigenvalue weighted by molar-refractivity contribution is 7.86. The van der Waals surface area contributed by atoms with Crippen molar-refractivity contribution in [2.24, 2.45) is 0 Å². The van der Waals surface area contributed by atoms with Crippen LogP contribution in [-0.4, -0.2) is 45.3 Å². The Bertz CT molecular complexity index is 624. The number of aromatic nitrogens is 3. The minimum Gasteiger partial charge on any atom is -0.415 e. The summed E-state index contributed by atoms with van der Waals surface area (Å²) in [5, 5.41) is 10.4. The van der Waals surface area contributed by atoms with Crippen molar-refractivity contribution in [1.82, 2.24) is 15.4 Å². The van der Waals surface area contributed by atoms with E-state index in [4.69, 9.17) is 8.98 Å². The summed E-state index contributed by atoms with van der Waals surface area (Å²) in [6, 6.07) is 2.74. The van der Waals surface area contributed by atoms with Gasteiger partial charge in [0.25, 0.3) is 19.9 Å². The van der Waals surface area contributed by atoms with Gasteiger partial charge in [-0.25, -0.2) is 0 Å². The van der Waals surface area contributed by atoms with Crippen LogP contribution in [0.25, 0.3) is 11.0 Å². The van der Waals surface area contributed by atoms with Crippen LogP contribution in [0.3, 0.4) is 0 Å². The van der Waals surface area contributed by atoms with Crippen LogP contribution >= 0.6 is 0 Å². The van der Waals surface area contributed by atoms with Crippen molar-refractivity contribution in [3.8, 4) is 0 Å². The van der Waals surface area contributed by atoms with E-state index in [1.165, 1.54) is 19.2 Å². The fourth-order valence-corrected chi connectivity index (χ4v) is 3.08. The van der Waals surface area contributed by atoms with Crippen molar-refractivity contribution < 1.29 is 17.4 Å². The molecule has 2 rings (SSSR count). The maximum Gasteiger partial charge on any atom is 0.294 e. The second kappa shape index (κ2) is 3.94. The van der Waals surface area contributed by atoms with Crippen LogP contribution in [0.5, 0.6) is 0 Å². The highest BCUT2D eigenvalue weighted by atomic mass is 32.2. The molecule has 0 aliphatic carbocycles. The van der Waals surface area contributed by atoms with E-state index in [2.05, 4.69) is 15.4 Å². The first-order chi connectivity index (χ1) is 7.54. The molecule has 1 heterocycles. The average molecular weight is 257 g/mol. The number of hydrogen-bond donors (Lipinski definition) is 2. The molecule has 0 saturated heterocycles. The quantitative estimate of drug-likeness (QED) is 0.545. The van der Waals surface area contributed by atoms with Crippen molar-refractivity contribution in [3.63, 3.8) is 0 Å². The van der Waals surface area contributed by atoms with Gasteiger partial charge in [0.2, 0.25) is 0 Å². The van der Waals surface area contributed by atoms with E-state index in [1.807, 2.05) is 0 Å².